The second-order valence-corrected chi connectivity index (χ2v) is 3.58. The van der Waals surface area contributed by atoms with Gasteiger partial charge in [0.05, 0.1) is 0 Å². The molecule has 0 amide bonds. The summed E-state index contributed by atoms with van der Waals surface area (Å²) in [5, 5.41) is 0. The Morgan fingerprint density at radius 3 is 2.91 bits per heavy atom. The van der Waals surface area contributed by atoms with Gasteiger partial charge in [0.2, 0.25) is 0 Å². The number of hydrogen-bond acceptors (Lipinski definition) is 1. The van der Waals surface area contributed by atoms with Crippen LogP contribution in [0, 0.1) is 6.92 Å². The number of aryl methyl sites for hydroxylation is 2. The van der Waals surface area contributed by atoms with Crippen LogP contribution in [-0.4, -0.2) is 4.86 Å². The molecule has 0 saturated heterocycles. The molecule has 1 aliphatic rings. The van der Waals surface area contributed by atoms with Crippen LogP contribution in [0.15, 0.2) is 18.2 Å². The summed E-state index contributed by atoms with van der Waals surface area (Å²) in [6.07, 6.45) is 2.22. The first-order valence-electron chi connectivity index (χ1n) is 3.90. The third kappa shape index (κ3) is 1.10. The highest BCUT2D eigenvalue weighted by atomic mass is 32.1. The molecule has 0 unspecified atom stereocenters. The van der Waals surface area contributed by atoms with Crippen LogP contribution in [0.25, 0.3) is 0 Å². The first kappa shape index (κ1) is 6.99. The molecule has 0 N–H and O–H groups in total. The van der Waals surface area contributed by atoms with Crippen LogP contribution in [-0.2, 0) is 6.42 Å². The fourth-order valence-corrected chi connectivity index (χ4v) is 1.84. The zero-order chi connectivity index (χ0) is 7.84. The molecule has 0 aliphatic heterocycles. The van der Waals surface area contributed by atoms with Crippen molar-refractivity contribution >= 4 is 17.1 Å². The maximum absolute atomic E-state index is 5.23. The summed E-state index contributed by atoms with van der Waals surface area (Å²) in [5.41, 5.74) is 4.06. The minimum Gasteiger partial charge on any atom is -0.0842 e. The van der Waals surface area contributed by atoms with E-state index in [0.29, 0.717) is 0 Å². The number of rotatable bonds is 0. The van der Waals surface area contributed by atoms with Crippen LogP contribution in [0.4, 0.5) is 0 Å². The Hall–Kier alpha value is -0.690. The molecule has 1 aromatic carbocycles. The predicted octanol–water partition coefficient (Wildman–Crippen LogP) is 2.66. The molecule has 0 radical (unpaired) electrons. The van der Waals surface area contributed by atoms with E-state index in [1.807, 2.05) is 0 Å². The topological polar surface area (TPSA) is 0 Å². The average molecular weight is 162 g/mol. The van der Waals surface area contributed by atoms with Gasteiger partial charge in [0.15, 0.2) is 0 Å². The quantitative estimate of drug-likeness (QED) is 0.528. The molecular weight excluding hydrogens is 152 g/mol. The minimum atomic E-state index is 1.08. The van der Waals surface area contributed by atoms with Gasteiger partial charge in [-0.25, -0.2) is 0 Å². The lowest BCUT2D eigenvalue weighted by Gasteiger charge is -1.98. The van der Waals surface area contributed by atoms with Gasteiger partial charge in [-0.2, -0.15) is 0 Å². The fourth-order valence-electron chi connectivity index (χ4n) is 1.55. The van der Waals surface area contributed by atoms with Crippen molar-refractivity contribution in [1.29, 1.82) is 0 Å². The molecule has 0 aromatic heterocycles. The van der Waals surface area contributed by atoms with Crippen LogP contribution in [0.3, 0.4) is 0 Å². The van der Waals surface area contributed by atoms with E-state index in [0.717, 1.165) is 17.7 Å². The lowest BCUT2D eigenvalue weighted by atomic mass is 10.1. The van der Waals surface area contributed by atoms with Gasteiger partial charge in [-0.1, -0.05) is 36.0 Å². The van der Waals surface area contributed by atoms with E-state index in [4.69, 9.17) is 12.2 Å². The highest BCUT2D eigenvalue weighted by molar-refractivity contribution is 7.80. The summed E-state index contributed by atoms with van der Waals surface area (Å²) in [6.45, 7) is 2.11. The molecule has 0 nitrogen and oxygen atoms in total. The molecule has 2 rings (SSSR count). The zero-order valence-corrected chi connectivity index (χ0v) is 7.37. The van der Waals surface area contributed by atoms with E-state index in [2.05, 4.69) is 25.1 Å². The fraction of sp³-hybridized carbons (Fsp3) is 0.300. The molecule has 0 fully saturated rings. The molecule has 0 bridgehead atoms. The molecular formula is C10H10S. The van der Waals surface area contributed by atoms with Gasteiger partial charge < -0.3 is 0 Å². The second kappa shape index (κ2) is 2.42. The van der Waals surface area contributed by atoms with E-state index < -0.39 is 0 Å². The first-order valence-corrected chi connectivity index (χ1v) is 4.31. The van der Waals surface area contributed by atoms with Crippen LogP contribution >= 0.6 is 12.2 Å². The first-order chi connectivity index (χ1) is 5.27. The van der Waals surface area contributed by atoms with Crippen molar-refractivity contribution in [2.24, 2.45) is 0 Å². The largest absolute Gasteiger partial charge is 0.0842 e. The lowest BCUT2D eigenvalue weighted by Crippen LogP contribution is -1.89. The van der Waals surface area contributed by atoms with Crippen molar-refractivity contribution in [3.63, 3.8) is 0 Å². The van der Waals surface area contributed by atoms with Gasteiger partial charge in [-0.15, -0.1) is 0 Å². The van der Waals surface area contributed by atoms with Gasteiger partial charge >= 0.3 is 0 Å². The third-order valence-electron chi connectivity index (χ3n) is 2.19. The van der Waals surface area contributed by atoms with Crippen LogP contribution < -0.4 is 0 Å². The van der Waals surface area contributed by atoms with Crippen molar-refractivity contribution in [3.8, 4) is 0 Å². The highest BCUT2D eigenvalue weighted by Crippen LogP contribution is 2.23. The van der Waals surface area contributed by atoms with E-state index in [-0.39, 0.29) is 0 Å². The molecule has 1 aromatic rings. The number of fused-ring (bicyclic) bond motifs is 1. The summed E-state index contributed by atoms with van der Waals surface area (Å²) in [6, 6.07) is 6.56. The smallest absolute Gasteiger partial charge is 0.0230 e. The summed E-state index contributed by atoms with van der Waals surface area (Å²) in [5.74, 6) is 0. The Labute approximate surface area is 72.2 Å². The summed E-state index contributed by atoms with van der Waals surface area (Å²) in [4.78, 5) is 1.14. The Morgan fingerprint density at radius 1 is 1.27 bits per heavy atom. The Morgan fingerprint density at radius 2 is 2.09 bits per heavy atom. The average Bonchev–Trinajstić information content (AvgIpc) is 2.33. The molecule has 11 heavy (non-hydrogen) atoms. The van der Waals surface area contributed by atoms with E-state index in [9.17, 15) is 0 Å². The van der Waals surface area contributed by atoms with Gasteiger partial charge in [0, 0.05) is 4.86 Å². The van der Waals surface area contributed by atoms with Crippen LogP contribution in [0.2, 0.25) is 0 Å². The van der Waals surface area contributed by atoms with E-state index in [1.165, 1.54) is 16.7 Å². The molecule has 1 heteroatoms. The maximum atomic E-state index is 5.23. The normalized spacial score (nSPS) is 15.2. The number of thiocarbonyl (C=S) groups is 1. The van der Waals surface area contributed by atoms with Crippen LogP contribution in [0.1, 0.15) is 23.1 Å². The lowest BCUT2D eigenvalue weighted by molar-refractivity contribution is 1.10. The Balaban J connectivity index is 2.60. The summed E-state index contributed by atoms with van der Waals surface area (Å²) >= 11 is 5.23. The van der Waals surface area contributed by atoms with Crippen molar-refractivity contribution in [3.05, 3.63) is 34.9 Å². The zero-order valence-electron chi connectivity index (χ0n) is 6.55. The summed E-state index contributed by atoms with van der Waals surface area (Å²) < 4.78 is 0. The monoisotopic (exact) mass is 162 g/mol. The molecule has 0 saturated carbocycles. The number of hydrogen-bond donors (Lipinski definition) is 0. The number of benzene rings is 1. The van der Waals surface area contributed by atoms with Gasteiger partial charge in [-0.3, -0.25) is 0 Å². The van der Waals surface area contributed by atoms with Gasteiger partial charge in [0.25, 0.3) is 0 Å². The van der Waals surface area contributed by atoms with Crippen LogP contribution in [0.5, 0.6) is 0 Å². The standard InChI is InChI=1S/C10H10S/c1-7-2-3-8-4-5-10(11)9(8)6-7/h2-3,6H,4-5H2,1H3. The molecule has 0 atom stereocenters. The second-order valence-electron chi connectivity index (χ2n) is 3.08. The molecule has 1 aliphatic carbocycles. The van der Waals surface area contributed by atoms with E-state index >= 15 is 0 Å². The van der Waals surface area contributed by atoms with Gasteiger partial charge in [-0.05, 0) is 30.9 Å². The molecule has 0 spiro atoms. The predicted molar refractivity (Wildman–Crippen MR) is 51.2 cm³/mol. The van der Waals surface area contributed by atoms with Crippen molar-refractivity contribution < 1.29 is 0 Å². The third-order valence-corrected chi connectivity index (χ3v) is 2.61. The molecule has 56 valence electrons. The molecule has 0 heterocycles. The SMILES string of the molecule is Cc1ccc2c(c1)C(=S)CC2. The van der Waals surface area contributed by atoms with Crippen molar-refractivity contribution in [2.45, 2.75) is 19.8 Å². The minimum absolute atomic E-state index is 1.08. The van der Waals surface area contributed by atoms with Crippen molar-refractivity contribution in [1.82, 2.24) is 0 Å². The summed E-state index contributed by atoms with van der Waals surface area (Å²) in [7, 11) is 0. The maximum Gasteiger partial charge on any atom is 0.0230 e. The van der Waals surface area contributed by atoms with Crippen molar-refractivity contribution in [2.75, 3.05) is 0 Å². The van der Waals surface area contributed by atoms with Gasteiger partial charge in [0.1, 0.15) is 0 Å². The Kier molecular flexibility index (Phi) is 1.53. The van der Waals surface area contributed by atoms with E-state index in [1.54, 1.807) is 0 Å². The highest BCUT2D eigenvalue weighted by Gasteiger charge is 2.14. The Bertz CT molecular complexity index is 313.